The summed E-state index contributed by atoms with van der Waals surface area (Å²) in [6, 6.07) is 1.87. The van der Waals surface area contributed by atoms with E-state index in [1.54, 1.807) is 0 Å². The third kappa shape index (κ3) is 7.93. The fourth-order valence-corrected chi connectivity index (χ4v) is 8.49. The van der Waals surface area contributed by atoms with Gasteiger partial charge in [0.1, 0.15) is 23.7 Å². The Hall–Kier alpha value is -4.54. The zero-order chi connectivity index (χ0) is 37.4. The van der Waals surface area contributed by atoms with Crippen LogP contribution in [0.5, 0.6) is 0 Å². The molecule has 17 heteroatoms. The number of sulfonamides is 1. The largest absolute Gasteiger partial charge is 0.444 e. The number of rotatable bonds is 8. The van der Waals surface area contributed by atoms with Crippen LogP contribution in [-0.2, 0) is 42.2 Å². The zero-order valence-corrected chi connectivity index (χ0v) is 29.7. The first-order valence-corrected chi connectivity index (χ1v) is 19.1. The number of carbonyl (C=O) groups is 5. The van der Waals surface area contributed by atoms with E-state index < -0.39 is 87.6 Å². The number of hydrogen-bond donors (Lipinski definition) is 3. The van der Waals surface area contributed by atoms with Gasteiger partial charge in [0.15, 0.2) is 0 Å². The summed E-state index contributed by atoms with van der Waals surface area (Å²) in [5.41, 5.74) is 1.19. The summed E-state index contributed by atoms with van der Waals surface area (Å²) in [7, 11) is -2.48. The van der Waals surface area contributed by atoms with Crippen LogP contribution < -0.4 is 15.4 Å². The van der Waals surface area contributed by atoms with Crippen molar-refractivity contribution in [2.75, 3.05) is 20.1 Å². The van der Waals surface area contributed by atoms with E-state index in [0.29, 0.717) is 32.2 Å². The van der Waals surface area contributed by atoms with E-state index in [-0.39, 0.29) is 32.5 Å². The fraction of sp³-hybridized carbons (Fsp3) is 0.571. The van der Waals surface area contributed by atoms with Gasteiger partial charge in [-0.25, -0.2) is 26.8 Å². The number of nitrogens with one attached hydrogen (secondary N) is 3. The molecular formula is C35H44F2N6O8S. The van der Waals surface area contributed by atoms with Crippen LogP contribution in [-0.4, -0.2) is 109 Å². The van der Waals surface area contributed by atoms with Crippen molar-refractivity contribution in [3.8, 4) is 0 Å². The third-order valence-corrected chi connectivity index (χ3v) is 12.2. The summed E-state index contributed by atoms with van der Waals surface area (Å²) in [5.74, 6) is -3.45. The molecule has 3 fully saturated rings. The summed E-state index contributed by atoms with van der Waals surface area (Å²) in [6.07, 6.45) is 2.26. The Morgan fingerprint density at radius 1 is 1.17 bits per heavy atom. The number of fused-ring (bicyclic) bond motifs is 3. The van der Waals surface area contributed by atoms with Gasteiger partial charge in [-0.15, -0.1) is 6.58 Å². The van der Waals surface area contributed by atoms with Crippen LogP contribution in [0.3, 0.4) is 0 Å². The van der Waals surface area contributed by atoms with Gasteiger partial charge >= 0.3 is 12.1 Å². The Kier molecular flexibility index (Phi) is 10.6. The van der Waals surface area contributed by atoms with Gasteiger partial charge in [0.05, 0.1) is 18.3 Å². The highest BCUT2D eigenvalue weighted by Crippen LogP contribution is 2.45. The lowest BCUT2D eigenvalue weighted by Gasteiger charge is -2.30. The van der Waals surface area contributed by atoms with Crippen molar-refractivity contribution in [3.05, 3.63) is 53.6 Å². The number of nitrogens with zero attached hydrogens (tertiary/aromatic N) is 3. The van der Waals surface area contributed by atoms with Gasteiger partial charge in [-0.05, 0) is 55.2 Å². The second kappa shape index (κ2) is 14.8. The molecule has 1 aromatic rings. The highest BCUT2D eigenvalue weighted by molar-refractivity contribution is 7.91. The number of urea groups is 1. The van der Waals surface area contributed by atoms with Crippen LogP contribution in [0.1, 0.15) is 68.1 Å². The predicted molar refractivity (Wildman–Crippen MR) is 184 cm³/mol. The topological polar surface area (TPSA) is 175 Å². The highest BCUT2D eigenvalue weighted by Gasteiger charge is 2.62. The Labute approximate surface area is 301 Å². The Morgan fingerprint density at radius 2 is 1.94 bits per heavy atom. The van der Waals surface area contributed by atoms with E-state index >= 15 is 0 Å². The van der Waals surface area contributed by atoms with Crippen LogP contribution in [0.4, 0.5) is 18.4 Å². The number of ether oxygens (including phenoxy) is 1. The normalized spacial score (nSPS) is 28.9. The Balaban J connectivity index is 1.27. The fourth-order valence-electron chi connectivity index (χ4n) is 7.13. The number of benzene rings is 1. The first-order chi connectivity index (χ1) is 24.7. The molecule has 3 N–H and O–H groups in total. The molecule has 52 heavy (non-hydrogen) atoms. The van der Waals surface area contributed by atoms with E-state index in [1.165, 1.54) is 22.9 Å². The summed E-state index contributed by atoms with van der Waals surface area (Å²) >= 11 is 0. The molecule has 0 spiro atoms. The van der Waals surface area contributed by atoms with Crippen LogP contribution in [0.2, 0.25) is 0 Å². The molecule has 0 radical (unpaired) electrons. The van der Waals surface area contributed by atoms with E-state index in [0.717, 1.165) is 28.0 Å². The molecule has 2 saturated carbocycles. The molecule has 282 valence electrons. The zero-order valence-electron chi connectivity index (χ0n) is 28.9. The maximum Gasteiger partial charge on any atom is 0.410 e. The average molecular weight is 747 g/mol. The number of halogens is 2. The predicted octanol–water partition coefficient (Wildman–Crippen LogP) is 2.64. The second-order valence-electron chi connectivity index (χ2n) is 14.2. The first-order valence-electron chi connectivity index (χ1n) is 17.6. The molecule has 0 aromatic heterocycles. The molecule has 3 aliphatic heterocycles. The van der Waals surface area contributed by atoms with Crippen molar-refractivity contribution in [2.45, 2.75) is 99.9 Å². The monoisotopic (exact) mass is 746 g/mol. The number of carbonyl (C=O) groups excluding carboxylic acids is 5. The molecule has 6 rings (SSSR count). The van der Waals surface area contributed by atoms with Crippen molar-refractivity contribution in [1.82, 2.24) is 30.1 Å². The van der Waals surface area contributed by atoms with Crippen LogP contribution in [0.25, 0.3) is 6.08 Å². The number of hydrogen-bond acceptors (Lipinski definition) is 8. The molecule has 5 aliphatic rings. The van der Waals surface area contributed by atoms with Crippen molar-refractivity contribution in [1.29, 1.82) is 0 Å². The van der Waals surface area contributed by atoms with E-state index in [9.17, 15) is 41.2 Å². The van der Waals surface area contributed by atoms with Crippen molar-refractivity contribution >= 4 is 45.9 Å². The van der Waals surface area contributed by atoms with Crippen molar-refractivity contribution in [2.24, 2.45) is 5.92 Å². The molecule has 0 unspecified atom stereocenters. The molecule has 1 saturated heterocycles. The molecule has 4 bridgehead atoms. The maximum atomic E-state index is 14.0. The standard InChI is InChI=1S/C35H44F2N6O8S/c1-3-23-17-35(23,32(46)40-52(49,50)25-12-13-25)39-30(44)28-15-24-19-43(28)31(45)27(16-29(36)37)38-33(47)41(2)14-7-5-4-6-9-21-10-8-11-22-18-42(20-26(21)22)34(48)51-24/h3,6,8-11,23-25,27-29H,1,4-5,7,12-20H2,2H3,(H,38,47)(H,39,44)(H,40,46)/b9-6+/t23-,24-,27+,28+,35-/m1/s1. The lowest BCUT2D eigenvalue weighted by molar-refractivity contribution is -0.141. The quantitative estimate of drug-likeness (QED) is 0.341. The highest BCUT2D eigenvalue weighted by atomic mass is 32.2. The van der Waals surface area contributed by atoms with Gasteiger partial charge in [0.25, 0.3) is 5.91 Å². The molecule has 6 amide bonds. The van der Waals surface area contributed by atoms with Crippen molar-refractivity contribution < 1.29 is 45.9 Å². The van der Waals surface area contributed by atoms with E-state index in [4.69, 9.17) is 4.74 Å². The molecule has 14 nitrogen and oxygen atoms in total. The molecule has 5 atom stereocenters. The smallest absolute Gasteiger partial charge is 0.410 e. The molecule has 1 aromatic carbocycles. The summed E-state index contributed by atoms with van der Waals surface area (Å²) in [5, 5.41) is 4.31. The van der Waals surface area contributed by atoms with Gasteiger partial charge in [0, 0.05) is 38.9 Å². The van der Waals surface area contributed by atoms with Gasteiger partial charge < -0.3 is 25.2 Å². The number of alkyl halides is 2. The van der Waals surface area contributed by atoms with Crippen LogP contribution >= 0.6 is 0 Å². The minimum absolute atomic E-state index is 0.0381. The summed E-state index contributed by atoms with van der Waals surface area (Å²) in [4.78, 5) is 71.8. The SMILES string of the molecule is C=C[C@@H]1C[C@]1(NC(=O)[C@@H]1C[C@@H]2CN1C(=O)[C@H](CC(F)F)NC(=O)N(C)CCCC/C=C/c1cccc3c1CN(C3)C(=O)O2)C(=O)NS(=O)(=O)C1CC1. The number of amides is 6. The number of allylic oxidation sites excluding steroid dienone is 1. The Morgan fingerprint density at radius 3 is 2.63 bits per heavy atom. The lowest BCUT2D eigenvalue weighted by Crippen LogP contribution is -2.59. The van der Waals surface area contributed by atoms with Gasteiger partial charge in [-0.3, -0.25) is 24.0 Å². The third-order valence-electron chi connectivity index (χ3n) is 10.4. The van der Waals surface area contributed by atoms with Gasteiger partial charge in [-0.2, -0.15) is 0 Å². The summed E-state index contributed by atoms with van der Waals surface area (Å²) in [6.45, 7) is 4.17. The van der Waals surface area contributed by atoms with Gasteiger partial charge in [0.2, 0.25) is 28.3 Å². The van der Waals surface area contributed by atoms with Crippen LogP contribution in [0, 0.1) is 5.92 Å². The first kappa shape index (κ1) is 37.2. The minimum atomic E-state index is -3.97. The van der Waals surface area contributed by atoms with E-state index in [1.807, 2.05) is 30.4 Å². The maximum absolute atomic E-state index is 14.0. The average Bonchev–Trinajstić information content (AvgIpc) is 3.99. The van der Waals surface area contributed by atoms with Crippen molar-refractivity contribution in [3.63, 3.8) is 0 Å². The van der Waals surface area contributed by atoms with E-state index in [2.05, 4.69) is 21.9 Å². The molecular weight excluding hydrogens is 702 g/mol. The van der Waals surface area contributed by atoms with Gasteiger partial charge in [-0.1, -0.05) is 36.4 Å². The van der Waals surface area contributed by atoms with Crippen LogP contribution in [0.15, 0.2) is 36.9 Å². The summed E-state index contributed by atoms with van der Waals surface area (Å²) < 4.78 is 60.8. The minimum Gasteiger partial charge on any atom is -0.444 e. The molecule has 2 aliphatic carbocycles. The lowest BCUT2D eigenvalue weighted by atomic mass is 10.0. The Bertz CT molecular complexity index is 1770. The molecule has 3 heterocycles. The second-order valence-corrected chi connectivity index (χ2v) is 16.2.